The van der Waals surface area contributed by atoms with Crippen LogP contribution in [0.4, 0.5) is 0 Å². The van der Waals surface area contributed by atoms with Gasteiger partial charge >= 0.3 is 0 Å². The molecule has 2 heterocycles. The molecular formula is C15H24N2O4S2. The predicted octanol–water partition coefficient (Wildman–Crippen LogP) is 2.28. The third kappa shape index (κ3) is 5.54. The van der Waals surface area contributed by atoms with Crippen molar-refractivity contribution in [1.29, 1.82) is 0 Å². The molecule has 0 spiro atoms. The first kappa shape index (κ1) is 18.4. The second-order valence-electron chi connectivity index (χ2n) is 6.31. The number of thiazole rings is 1. The standard InChI is InChI=1S/C15H24N2O4S2/c1-10(2)8-13-14(22-11(3)16-13)15(18)17-23(19,20)9-12-6-4-5-7-21-12/h10,12H,4-9H2,1-3H3,(H,17,18)/t12-/m0/s1. The highest BCUT2D eigenvalue weighted by Crippen LogP contribution is 2.21. The van der Waals surface area contributed by atoms with Crippen LogP contribution in [0.15, 0.2) is 0 Å². The van der Waals surface area contributed by atoms with Gasteiger partial charge in [0.05, 0.1) is 22.6 Å². The van der Waals surface area contributed by atoms with Crippen LogP contribution in [0.3, 0.4) is 0 Å². The highest BCUT2D eigenvalue weighted by Gasteiger charge is 2.26. The SMILES string of the molecule is Cc1nc(CC(C)C)c(C(=O)NS(=O)(=O)C[C@@H]2CCCCO2)s1. The smallest absolute Gasteiger partial charge is 0.276 e. The van der Waals surface area contributed by atoms with Crippen LogP contribution in [0.5, 0.6) is 0 Å². The Kier molecular flexibility index (Phi) is 6.16. The van der Waals surface area contributed by atoms with E-state index >= 15 is 0 Å². The van der Waals surface area contributed by atoms with Crippen LogP contribution >= 0.6 is 11.3 Å². The van der Waals surface area contributed by atoms with Crippen LogP contribution in [0.2, 0.25) is 0 Å². The molecule has 1 aliphatic heterocycles. The average molecular weight is 361 g/mol. The summed E-state index contributed by atoms with van der Waals surface area (Å²) in [5.74, 6) is -0.409. The number of hydrogen-bond acceptors (Lipinski definition) is 6. The number of carbonyl (C=O) groups excluding carboxylic acids is 1. The van der Waals surface area contributed by atoms with Crippen molar-refractivity contribution in [3.05, 3.63) is 15.6 Å². The maximum Gasteiger partial charge on any atom is 0.276 e. The quantitative estimate of drug-likeness (QED) is 0.841. The minimum absolute atomic E-state index is 0.171. The summed E-state index contributed by atoms with van der Waals surface area (Å²) < 4.78 is 32.0. The van der Waals surface area contributed by atoms with Crippen molar-refractivity contribution in [3.8, 4) is 0 Å². The second kappa shape index (κ2) is 7.72. The van der Waals surface area contributed by atoms with Gasteiger partial charge < -0.3 is 4.74 Å². The van der Waals surface area contributed by atoms with E-state index in [0.29, 0.717) is 35.9 Å². The number of nitrogens with one attached hydrogen (secondary N) is 1. The van der Waals surface area contributed by atoms with Gasteiger partial charge in [-0.2, -0.15) is 0 Å². The molecule has 130 valence electrons. The summed E-state index contributed by atoms with van der Waals surface area (Å²) in [4.78, 5) is 17.1. The lowest BCUT2D eigenvalue weighted by Gasteiger charge is -2.22. The van der Waals surface area contributed by atoms with Gasteiger partial charge in [0.15, 0.2) is 0 Å². The predicted molar refractivity (Wildman–Crippen MR) is 90.2 cm³/mol. The fourth-order valence-corrected chi connectivity index (χ4v) is 4.71. The van der Waals surface area contributed by atoms with Gasteiger partial charge in [0.1, 0.15) is 4.88 Å². The Balaban J connectivity index is 2.05. The average Bonchev–Trinajstić information content (AvgIpc) is 2.78. The summed E-state index contributed by atoms with van der Waals surface area (Å²) in [6.07, 6.45) is 2.96. The lowest BCUT2D eigenvalue weighted by Crippen LogP contribution is -2.38. The van der Waals surface area contributed by atoms with Crippen molar-refractivity contribution in [2.45, 2.75) is 52.6 Å². The topological polar surface area (TPSA) is 85.4 Å². The van der Waals surface area contributed by atoms with E-state index in [0.717, 1.165) is 17.8 Å². The third-order valence-electron chi connectivity index (χ3n) is 3.54. The molecule has 0 aromatic carbocycles. The van der Waals surface area contributed by atoms with Crippen LogP contribution in [-0.4, -0.2) is 37.8 Å². The summed E-state index contributed by atoms with van der Waals surface area (Å²) >= 11 is 1.23. The number of carbonyl (C=O) groups is 1. The van der Waals surface area contributed by atoms with E-state index in [9.17, 15) is 13.2 Å². The number of aryl methyl sites for hydroxylation is 1. The van der Waals surface area contributed by atoms with E-state index in [1.165, 1.54) is 11.3 Å². The first-order valence-electron chi connectivity index (χ1n) is 7.89. The Hall–Kier alpha value is -0.990. The highest BCUT2D eigenvalue weighted by atomic mass is 32.2. The summed E-state index contributed by atoms with van der Waals surface area (Å²) in [5.41, 5.74) is 0.670. The minimum Gasteiger partial charge on any atom is -0.377 e. The van der Waals surface area contributed by atoms with Crippen LogP contribution in [0.25, 0.3) is 0 Å². The molecule has 1 atom stereocenters. The van der Waals surface area contributed by atoms with Gasteiger partial charge in [0.25, 0.3) is 5.91 Å². The first-order valence-corrected chi connectivity index (χ1v) is 10.4. The molecule has 1 fully saturated rings. The zero-order valence-electron chi connectivity index (χ0n) is 13.8. The monoisotopic (exact) mass is 360 g/mol. The van der Waals surface area contributed by atoms with Gasteiger partial charge in [0.2, 0.25) is 10.0 Å². The van der Waals surface area contributed by atoms with E-state index in [1.807, 2.05) is 20.8 Å². The van der Waals surface area contributed by atoms with Crippen molar-refractivity contribution < 1.29 is 17.9 Å². The lowest BCUT2D eigenvalue weighted by atomic mass is 10.1. The van der Waals surface area contributed by atoms with Gasteiger partial charge in [-0.3, -0.25) is 4.79 Å². The zero-order chi connectivity index (χ0) is 17.0. The lowest BCUT2D eigenvalue weighted by molar-refractivity contribution is 0.0304. The van der Waals surface area contributed by atoms with Crippen molar-refractivity contribution in [1.82, 2.24) is 9.71 Å². The Morgan fingerprint density at radius 3 is 2.78 bits per heavy atom. The number of rotatable bonds is 6. The Morgan fingerprint density at radius 1 is 1.43 bits per heavy atom. The van der Waals surface area contributed by atoms with Crippen LogP contribution in [-0.2, 0) is 21.2 Å². The van der Waals surface area contributed by atoms with Gasteiger partial charge in [0, 0.05) is 6.61 Å². The zero-order valence-corrected chi connectivity index (χ0v) is 15.4. The maximum absolute atomic E-state index is 12.4. The van der Waals surface area contributed by atoms with Crippen LogP contribution < -0.4 is 4.72 Å². The molecule has 23 heavy (non-hydrogen) atoms. The number of sulfonamides is 1. The molecule has 8 heteroatoms. The summed E-state index contributed by atoms with van der Waals surface area (Å²) in [5, 5.41) is 0.763. The summed E-state index contributed by atoms with van der Waals surface area (Å²) in [7, 11) is -3.71. The molecule has 1 saturated heterocycles. The van der Waals surface area contributed by atoms with E-state index in [2.05, 4.69) is 9.71 Å². The molecule has 2 rings (SSSR count). The first-order chi connectivity index (χ1) is 10.8. The number of nitrogens with zero attached hydrogens (tertiary/aromatic N) is 1. The van der Waals surface area contributed by atoms with E-state index < -0.39 is 15.9 Å². The van der Waals surface area contributed by atoms with Gasteiger partial charge in [-0.1, -0.05) is 13.8 Å². The third-order valence-corrected chi connectivity index (χ3v) is 5.86. The van der Waals surface area contributed by atoms with Gasteiger partial charge in [-0.15, -0.1) is 11.3 Å². The number of ether oxygens (including phenoxy) is 1. The molecular weight excluding hydrogens is 336 g/mol. The summed E-state index contributed by atoms with van der Waals surface area (Å²) in [6, 6.07) is 0. The molecule has 1 aliphatic rings. The van der Waals surface area contributed by atoms with Crippen LogP contribution in [0, 0.1) is 12.8 Å². The molecule has 0 radical (unpaired) electrons. The largest absolute Gasteiger partial charge is 0.377 e. The van der Waals surface area contributed by atoms with E-state index in [4.69, 9.17) is 4.74 Å². The second-order valence-corrected chi connectivity index (χ2v) is 9.28. The number of amides is 1. The minimum atomic E-state index is -3.71. The molecule has 1 aromatic rings. The summed E-state index contributed by atoms with van der Waals surface area (Å²) in [6.45, 7) is 6.47. The van der Waals surface area contributed by atoms with E-state index in [-0.39, 0.29) is 11.9 Å². The maximum atomic E-state index is 12.4. The number of aromatic nitrogens is 1. The normalized spacial score (nSPS) is 19.0. The molecule has 0 saturated carbocycles. The fourth-order valence-electron chi connectivity index (χ4n) is 2.59. The van der Waals surface area contributed by atoms with E-state index in [1.54, 1.807) is 0 Å². The van der Waals surface area contributed by atoms with Gasteiger partial charge in [-0.05, 0) is 38.5 Å². The molecule has 6 nitrogen and oxygen atoms in total. The van der Waals surface area contributed by atoms with Crippen LogP contribution in [0.1, 0.15) is 53.5 Å². The molecule has 0 unspecified atom stereocenters. The molecule has 0 aliphatic carbocycles. The Labute approximate surface area is 141 Å². The van der Waals surface area contributed by atoms with Gasteiger partial charge in [-0.25, -0.2) is 18.1 Å². The molecule has 1 N–H and O–H groups in total. The Bertz CT molecular complexity index is 646. The molecule has 1 amide bonds. The fraction of sp³-hybridized carbons (Fsp3) is 0.733. The Morgan fingerprint density at radius 2 is 2.17 bits per heavy atom. The van der Waals surface area contributed by atoms with Crippen molar-refractivity contribution >= 4 is 27.3 Å². The number of hydrogen-bond donors (Lipinski definition) is 1. The highest BCUT2D eigenvalue weighted by molar-refractivity contribution is 7.90. The molecule has 0 bridgehead atoms. The van der Waals surface area contributed by atoms with Crippen molar-refractivity contribution in [2.24, 2.45) is 5.92 Å². The van der Waals surface area contributed by atoms with Crippen molar-refractivity contribution in [3.63, 3.8) is 0 Å². The molecule has 1 aromatic heterocycles. The van der Waals surface area contributed by atoms with Crippen molar-refractivity contribution in [2.75, 3.05) is 12.4 Å².